The van der Waals surface area contributed by atoms with Crippen molar-refractivity contribution in [3.8, 4) is 5.75 Å². The maximum atomic E-state index is 11.9. The molecule has 0 bridgehead atoms. The summed E-state index contributed by atoms with van der Waals surface area (Å²) in [4.78, 5) is 3.51. The van der Waals surface area contributed by atoms with Crippen LogP contribution in [0, 0.1) is 0 Å². The second-order valence-electron chi connectivity index (χ2n) is 6.00. The number of hydrogen-bond acceptors (Lipinski definition) is 5. The molecular weight excluding hydrogens is 410 g/mol. The van der Waals surface area contributed by atoms with Crippen LogP contribution in [0.2, 0.25) is 0 Å². The average Bonchev–Trinajstić information content (AvgIpc) is 3.13. The van der Waals surface area contributed by atoms with Crippen molar-refractivity contribution in [3.63, 3.8) is 0 Å². The molecule has 1 atom stereocenters. The number of rotatable bonds is 6. The highest BCUT2D eigenvalue weighted by atomic mass is 79.9. The lowest BCUT2D eigenvalue weighted by molar-refractivity contribution is 0.196. The Morgan fingerprint density at radius 1 is 1.25 bits per heavy atom. The highest BCUT2D eigenvalue weighted by Crippen LogP contribution is 2.28. The van der Waals surface area contributed by atoms with Crippen LogP contribution < -0.4 is 4.74 Å². The van der Waals surface area contributed by atoms with Gasteiger partial charge in [0, 0.05) is 28.5 Å². The fraction of sp³-hybridized carbons (Fsp3) is 0.412. The summed E-state index contributed by atoms with van der Waals surface area (Å²) in [5.74, 6) is 1.38. The molecule has 3 rings (SSSR count). The Balaban J connectivity index is 1.79. The van der Waals surface area contributed by atoms with Crippen LogP contribution in [0.4, 0.5) is 0 Å². The van der Waals surface area contributed by atoms with Crippen molar-refractivity contribution in [1.82, 2.24) is 4.90 Å². The predicted octanol–water partition coefficient (Wildman–Crippen LogP) is 3.71. The molecule has 1 aliphatic heterocycles. The standard InChI is InChI=1S/C17H20BrNO3S2/c1-22-15-4-2-13(3-5-15)10-19(11-17-16(18)6-8-23-17)14-7-9-24(20,21)12-14/h2-6,8,14H,7,9-12H2,1H3. The molecule has 1 aromatic carbocycles. The molecule has 2 aromatic rings. The first-order valence-electron chi connectivity index (χ1n) is 7.76. The van der Waals surface area contributed by atoms with Crippen LogP contribution in [0.15, 0.2) is 40.2 Å². The number of hydrogen-bond donors (Lipinski definition) is 0. The van der Waals surface area contributed by atoms with Crippen LogP contribution in [-0.4, -0.2) is 38.0 Å². The van der Waals surface area contributed by atoms with Crippen molar-refractivity contribution in [2.45, 2.75) is 25.6 Å². The molecule has 1 aliphatic rings. The number of halogens is 1. The molecule has 0 aliphatic carbocycles. The number of nitrogens with zero attached hydrogens (tertiary/aromatic N) is 1. The van der Waals surface area contributed by atoms with Crippen molar-refractivity contribution in [2.75, 3.05) is 18.6 Å². The summed E-state index contributed by atoms with van der Waals surface area (Å²) < 4.78 is 30.1. The van der Waals surface area contributed by atoms with Gasteiger partial charge in [-0.15, -0.1) is 11.3 Å². The fourth-order valence-electron chi connectivity index (χ4n) is 2.97. The monoisotopic (exact) mass is 429 g/mol. The lowest BCUT2D eigenvalue weighted by atomic mass is 10.1. The van der Waals surface area contributed by atoms with E-state index < -0.39 is 9.84 Å². The normalized spacial score (nSPS) is 19.7. The maximum absolute atomic E-state index is 11.9. The Morgan fingerprint density at radius 2 is 2.00 bits per heavy atom. The van der Waals surface area contributed by atoms with Crippen molar-refractivity contribution in [3.05, 3.63) is 50.6 Å². The third kappa shape index (κ3) is 4.39. The topological polar surface area (TPSA) is 46.6 Å². The molecule has 0 amide bonds. The van der Waals surface area contributed by atoms with Gasteiger partial charge in [-0.3, -0.25) is 4.90 Å². The Morgan fingerprint density at radius 3 is 2.54 bits per heavy atom. The minimum atomic E-state index is -2.90. The van der Waals surface area contributed by atoms with Gasteiger partial charge in [-0.05, 0) is 51.5 Å². The number of sulfone groups is 1. The third-order valence-corrected chi connectivity index (χ3v) is 7.97. The molecule has 0 saturated carbocycles. The molecule has 1 unspecified atom stereocenters. The minimum absolute atomic E-state index is 0.0751. The molecule has 0 N–H and O–H groups in total. The number of methoxy groups -OCH3 is 1. The first kappa shape index (κ1) is 17.9. The van der Waals surface area contributed by atoms with E-state index in [2.05, 4.69) is 26.2 Å². The maximum Gasteiger partial charge on any atom is 0.151 e. The molecule has 1 fully saturated rings. The second kappa shape index (κ2) is 7.56. The van der Waals surface area contributed by atoms with Gasteiger partial charge in [-0.1, -0.05) is 12.1 Å². The molecule has 130 valence electrons. The van der Waals surface area contributed by atoms with Gasteiger partial charge >= 0.3 is 0 Å². The fourth-order valence-corrected chi connectivity index (χ4v) is 6.23. The van der Waals surface area contributed by atoms with Gasteiger partial charge in [0.2, 0.25) is 0 Å². The molecule has 7 heteroatoms. The highest BCUT2D eigenvalue weighted by Gasteiger charge is 2.32. The lowest BCUT2D eigenvalue weighted by Gasteiger charge is -2.28. The predicted molar refractivity (Wildman–Crippen MR) is 101 cm³/mol. The Hall–Kier alpha value is -0.890. The van der Waals surface area contributed by atoms with E-state index in [1.54, 1.807) is 18.4 Å². The summed E-state index contributed by atoms with van der Waals surface area (Å²) >= 11 is 5.27. The molecule has 1 aromatic heterocycles. The quantitative estimate of drug-likeness (QED) is 0.701. The van der Waals surface area contributed by atoms with E-state index in [0.717, 1.165) is 28.9 Å². The zero-order chi connectivity index (χ0) is 17.2. The zero-order valence-electron chi connectivity index (χ0n) is 13.4. The van der Waals surface area contributed by atoms with Crippen LogP contribution in [0.5, 0.6) is 5.75 Å². The largest absolute Gasteiger partial charge is 0.497 e. The molecular formula is C17H20BrNO3S2. The van der Waals surface area contributed by atoms with Crippen LogP contribution in [0.3, 0.4) is 0 Å². The first-order valence-corrected chi connectivity index (χ1v) is 11.3. The van der Waals surface area contributed by atoms with E-state index in [1.807, 2.05) is 30.3 Å². The summed E-state index contributed by atoms with van der Waals surface area (Å²) in [5, 5.41) is 2.05. The zero-order valence-corrected chi connectivity index (χ0v) is 16.7. The van der Waals surface area contributed by atoms with Gasteiger partial charge < -0.3 is 4.74 Å². The van der Waals surface area contributed by atoms with Crippen molar-refractivity contribution >= 4 is 37.1 Å². The molecule has 1 saturated heterocycles. The molecule has 0 radical (unpaired) electrons. The third-order valence-electron chi connectivity index (χ3n) is 4.31. The Bertz CT molecular complexity index is 786. The van der Waals surface area contributed by atoms with Gasteiger partial charge in [0.1, 0.15) is 5.75 Å². The smallest absolute Gasteiger partial charge is 0.151 e. The van der Waals surface area contributed by atoms with E-state index in [9.17, 15) is 8.42 Å². The lowest BCUT2D eigenvalue weighted by Crippen LogP contribution is -2.35. The van der Waals surface area contributed by atoms with E-state index in [1.165, 1.54) is 4.88 Å². The number of benzene rings is 1. The van der Waals surface area contributed by atoms with E-state index >= 15 is 0 Å². The summed E-state index contributed by atoms with van der Waals surface area (Å²) in [7, 11) is -1.25. The average molecular weight is 430 g/mol. The Labute approximate surface area is 155 Å². The second-order valence-corrected chi connectivity index (χ2v) is 10.1. The van der Waals surface area contributed by atoms with Gasteiger partial charge in [0.05, 0.1) is 18.6 Å². The van der Waals surface area contributed by atoms with Gasteiger partial charge in [0.25, 0.3) is 0 Å². The number of thiophene rings is 1. The van der Waals surface area contributed by atoms with Crippen LogP contribution in [0.1, 0.15) is 16.9 Å². The van der Waals surface area contributed by atoms with E-state index in [0.29, 0.717) is 12.2 Å². The van der Waals surface area contributed by atoms with Crippen LogP contribution in [-0.2, 0) is 22.9 Å². The molecule has 24 heavy (non-hydrogen) atoms. The molecule has 0 spiro atoms. The van der Waals surface area contributed by atoms with E-state index in [4.69, 9.17) is 4.74 Å². The first-order chi connectivity index (χ1) is 11.5. The highest BCUT2D eigenvalue weighted by molar-refractivity contribution is 9.10. The molecule has 4 nitrogen and oxygen atoms in total. The SMILES string of the molecule is COc1ccc(CN(Cc2sccc2Br)C2CCS(=O)(=O)C2)cc1. The van der Waals surface area contributed by atoms with Crippen molar-refractivity contribution < 1.29 is 13.2 Å². The van der Waals surface area contributed by atoms with Gasteiger partial charge in [-0.2, -0.15) is 0 Å². The van der Waals surface area contributed by atoms with Crippen LogP contribution >= 0.6 is 27.3 Å². The van der Waals surface area contributed by atoms with Crippen LogP contribution in [0.25, 0.3) is 0 Å². The summed E-state index contributed by atoms with van der Waals surface area (Å²) in [6, 6.07) is 10.1. The van der Waals surface area contributed by atoms with Crippen molar-refractivity contribution in [1.29, 1.82) is 0 Å². The van der Waals surface area contributed by atoms with Crippen molar-refractivity contribution in [2.24, 2.45) is 0 Å². The number of ether oxygens (including phenoxy) is 1. The Kier molecular flexibility index (Phi) is 5.64. The summed E-state index contributed by atoms with van der Waals surface area (Å²) in [6.07, 6.45) is 0.710. The summed E-state index contributed by atoms with van der Waals surface area (Å²) in [5.41, 5.74) is 1.16. The van der Waals surface area contributed by atoms with E-state index in [-0.39, 0.29) is 11.8 Å². The summed E-state index contributed by atoms with van der Waals surface area (Å²) in [6.45, 7) is 1.49. The minimum Gasteiger partial charge on any atom is -0.497 e. The molecule has 2 heterocycles. The van der Waals surface area contributed by atoms with Gasteiger partial charge in [0.15, 0.2) is 9.84 Å². The van der Waals surface area contributed by atoms with Gasteiger partial charge in [-0.25, -0.2) is 8.42 Å².